The molecule has 1 rings (SSSR count). The van der Waals surface area contributed by atoms with Gasteiger partial charge in [0, 0.05) is 17.2 Å². The van der Waals surface area contributed by atoms with Crippen molar-refractivity contribution in [3.8, 4) is 0 Å². The molecule has 0 spiro atoms. The summed E-state index contributed by atoms with van der Waals surface area (Å²) in [6, 6.07) is 1.64. The molecule has 0 bridgehead atoms. The van der Waals surface area contributed by atoms with Crippen LogP contribution in [-0.4, -0.2) is 27.9 Å². The molecule has 0 aliphatic rings. The molecule has 0 saturated carbocycles. The molecular weight excluding hydrogens is 288 g/mol. The first-order valence-electron chi connectivity index (χ1n) is 6.68. The molecule has 0 heterocycles. The minimum atomic E-state index is -1.16. The van der Waals surface area contributed by atoms with Crippen molar-refractivity contribution in [3.05, 3.63) is 51.6 Å². The van der Waals surface area contributed by atoms with Gasteiger partial charge in [-0.1, -0.05) is 6.08 Å². The van der Waals surface area contributed by atoms with Crippen molar-refractivity contribution in [3.63, 3.8) is 0 Å². The van der Waals surface area contributed by atoms with Crippen LogP contribution in [-0.2, 0) is 4.79 Å². The molecule has 0 aromatic heterocycles. The molecule has 118 valence electrons. The first-order valence-corrected chi connectivity index (χ1v) is 6.68. The van der Waals surface area contributed by atoms with Crippen LogP contribution in [0.3, 0.4) is 0 Å². The monoisotopic (exact) mass is 306 g/mol. The van der Waals surface area contributed by atoms with Gasteiger partial charge in [0.05, 0.1) is 4.92 Å². The largest absolute Gasteiger partial charge is 0.480 e. The van der Waals surface area contributed by atoms with Gasteiger partial charge in [0.15, 0.2) is 0 Å². The van der Waals surface area contributed by atoms with Gasteiger partial charge in [-0.25, -0.2) is 4.79 Å². The van der Waals surface area contributed by atoms with Crippen LogP contribution in [0.15, 0.2) is 24.8 Å². The molecule has 1 atom stereocenters. The lowest BCUT2D eigenvalue weighted by atomic mass is 10.0. The third kappa shape index (κ3) is 4.15. The lowest BCUT2D eigenvalue weighted by molar-refractivity contribution is -0.385. The molecule has 7 heteroatoms. The highest BCUT2D eigenvalue weighted by molar-refractivity contribution is 5.98. The van der Waals surface area contributed by atoms with Crippen LogP contribution in [0.2, 0.25) is 0 Å². The van der Waals surface area contributed by atoms with Gasteiger partial charge in [-0.3, -0.25) is 14.9 Å². The van der Waals surface area contributed by atoms with Crippen molar-refractivity contribution in [2.24, 2.45) is 0 Å². The van der Waals surface area contributed by atoms with Crippen LogP contribution in [0.4, 0.5) is 5.69 Å². The van der Waals surface area contributed by atoms with E-state index in [1.165, 1.54) is 12.1 Å². The SMILES string of the molecule is C=CCCC(NC(=O)c1cc([N+](=O)[O-])c(C)cc1C)C(=O)O. The summed E-state index contributed by atoms with van der Waals surface area (Å²) < 4.78 is 0. The summed E-state index contributed by atoms with van der Waals surface area (Å²) in [4.78, 5) is 33.7. The number of nitro benzene ring substituents is 1. The average Bonchev–Trinajstić information content (AvgIpc) is 2.42. The highest BCUT2D eigenvalue weighted by Gasteiger charge is 2.23. The third-order valence-electron chi connectivity index (χ3n) is 3.25. The lowest BCUT2D eigenvalue weighted by Crippen LogP contribution is -2.40. The Bertz CT molecular complexity index is 625. The molecule has 0 radical (unpaired) electrons. The van der Waals surface area contributed by atoms with Crippen molar-refractivity contribution in [1.29, 1.82) is 0 Å². The fraction of sp³-hybridized carbons (Fsp3) is 0.333. The van der Waals surface area contributed by atoms with E-state index in [0.29, 0.717) is 17.5 Å². The highest BCUT2D eigenvalue weighted by Crippen LogP contribution is 2.22. The van der Waals surface area contributed by atoms with Crippen LogP contribution >= 0.6 is 0 Å². The number of aliphatic carboxylic acids is 1. The van der Waals surface area contributed by atoms with Crippen molar-refractivity contribution >= 4 is 17.6 Å². The van der Waals surface area contributed by atoms with Crippen molar-refractivity contribution in [2.45, 2.75) is 32.7 Å². The van der Waals surface area contributed by atoms with Gasteiger partial charge in [0.1, 0.15) is 6.04 Å². The third-order valence-corrected chi connectivity index (χ3v) is 3.25. The van der Waals surface area contributed by atoms with Gasteiger partial charge in [-0.05, 0) is 38.3 Å². The zero-order valence-corrected chi connectivity index (χ0v) is 12.5. The van der Waals surface area contributed by atoms with Gasteiger partial charge >= 0.3 is 5.97 Å². The second kappa shape index (κ2) is 7.35. The number of aryl methyl sites for hydroxylation is 2. The fourth-order valence-corrected chi connectivity index (χ4v) is 2.06. The normalized spacial score (nSPS) is 11.5. The Morgan fingerprint density at radius 1 is 1.41 bits per heavy atom. The number of allylic oxidation sites excluding steroid dienone is 1. The maximum atomic E-state index is 12.2. The number of amides is 1. The number of carboxylic acid groups (broad SMARTS) is 1. The summed E-state index contributed by atoms with van der Waals surface area (Å²) >= 11 is 0. The Kier molecular flexibility index (Phi) is 5.80. The van der Waals surface area contributed by atoms with Gasteiger partial charge < -0.3 is 10.4 Å². The molecule has 0 aliphatic carbocycles. The van der Waals surface area contributed by atoms with Crippen molar-refractivity contribution in [2.75, 3.05) is 0 Å². The van der Waals surface area contributed by atoms with E-state index >= 15 is 0 Å². The van der Waals surface area contributed by atoms with E-state index in [0.717, 1.165) is 0 Å². The molecule has 1 unspecified atom stereocenters. The second-order valence-electron chi connectivity index (χ2n) is 4.94. The number of benzene rings is 1. The van der Waals surface area contributed by atoms with Crippen molar-refractivity contribution in [1.82, 2.24) is 5.32 Å². The van der Waals surface area contributed by atoms with Crippen LogP contribution in [0.25, 0.3) is 0 Å². The lowest BCUT2D eigenvalue weighted by Gasteiger charge is -2.15. The minimum absolute atomic E-state index is 0.0992. The Morgan fingerprint density at radius 3 is 2.55 bits per heavy atom. The molecule has 7 nitrogen and oxygen atoms in total. The zero-order valence-electron chi connectivity index (χ0n) is 12.5. The van der Waals surface area contributed by atoms with Gasteiger partial charge in [0.25, 0.3) is 11.6 Å². The summed E-state index contributed by atoms with van der Waals surface area (Å²) in [6.45, 7) is 6.73. The number of nitrogens with zero attached hydrogens (tertiary/aromatic N) is 1. The van der Waals surface area contributed by atoms with E-state index in [9.17, 15) is 19.7 Å². The first-order chi connectivity index (χ1) is 10.3. The summed E-state index contributed by atoms with van der Waals surface area (Å²) in [7, 11) is 0. The van der Waals surface area contributed by atoms with E-state index in [1.807, 2.05) is 0 Å². The molecular formula is C15H18N2O5. The van der Waals surface area contributed by atoms with E-state index in [4.69, 9.17) is 5.11 Å². The van der Waals surface area contributed by atoms with Crippen LogP contribution in [0, 0.1) is 24.0 Å². The number of hydrogen-bond donors (Lipinski definition) is 2. The molecule has 22 heavy (non-hydrogen) atoms. The number of carboxylic acids is 1. The van der Waals surface area contributed by atoms with Crippen LogP contribution in [0.5, 0.6) is 0 Å². The van der Waals surface area contributed by atoms with Gasteiger partial charge in [-0.15, -0.1) is 6.58 Å². The number of carbonyl (C=O) groups is 2. The first kappa shape index (κ1) is 17.4. The average molecular weight is 306 g/mol. The number of rotatable bonds is 7. The number of nitrogens with one attached hydrogen (secondary N) is 1. The predicted molar refractivity (Wildman–Crippen MR) is 80.9 cm³/mol. The van der Waals surface area contributed by atoms with E-state index < -0.39 is 22.8 Å². The highest BCUT2D eigenvalue weighted by atomic mass is 16.6. The predicted octanol–water partition coefficient (Wildman–Crippen LogP) is 2.36. The molecule has 1 aromatic rings. The molecule has 0 aliphatic heterocycles. The number of hydrogen-bond acceptors (Lipinski definition) is 4. The van der Waals surface area contributed by atoms with E-state index in [-0.39, 0.29) is 17.7 Å². The summed E-state index contributed by atoms with van der Waals surface area (Å²) in [6.07, 6.45) is 2.20. The zero-order chi connectivity index (χ0) is 16.9. The number of nitro groups is 1. The van der Waals surface area contributed by atoms with E-state index in [2.05, 4.69) is 11.9 Å². The maximum absolute atomic E-state index is 12.2. The standard InChI is InChI=1S/C15H18N2O5/c1-4-5-6-12(15(19)20)16-14(18)11-8-13(17(21)22)10(3)7-9(11)2/h4,7-8,12H,1,5-6H2,2-3H3,(H,16,18)(H,19,20). The Hall–Kier alpha value is -2.70. The smallest absolute Gasteiger partial charge is 0.326 e. The van der Waals surface area contributed by atoms with Gasteiger partial charge in [0.2, 0.25) is 0 Å². The maximum Gasteiger partial charge on any atom is 0.326 e. The summed E-state index contributed by atoms with van der Waals surface area (Å²) in [5, 5.41) is 22.4. The molecule has 1 aromatic carbocycles. The minimum Gasteiger partial charge on any atom is -0.480 e. The molecule has 0 saturated heterocycles. The van der Waals surface area contributed by atoms with Crippen LogP contribution < -0.4 is 5.32 Å². The quantitative estimate of drug-likeness (QED) is 0.456. The van der Waals surface area contributed by atoms with Crippen LogP contribution in [0.1, 0.15) is 34.3 Å². The topological polar surface area (TPSA) is 110 Å². The Balaban J connectivity index is 3.06. The summed E-state index contributed by atoms with van der Waals surface area (Å²) in [5.74, 6) is -1.80. The van der Waals surface area contributed by atoms with Crippen molar-refractivity contribution < 1.29 is 19.6 Å². The molecule has 2 N–H and O–H groups in total. The van der Waals surface area contributed by atoms with Gasteiger partial charge in [-0.2, -0.15) is 0 Å². The Labute approximate surface area is 127 Å². The molecule has 1 amide bonds. The number of carbonyl (C=O) groups excluding carboxylic acids is 1. The summed E-state index contributed by atoms with van der Waals surface area (Å²) in [5.41, 5.74) is 0.921. The molecule has 0 fully saturated rings. The fourth-order valence-electron chi connectivity index (χ4n) is 2.06. The Morgan fingerprint density at radius 2 is 2.05 bits per heavy atom. The second-order valence-corrected chi connectivity index (χ2v) is 4.94. The van der Waals surface area contributed by atoms with E-state index in [1.54, 1.807) is 19.9 Å².